The average molecular weight is 721 g/mol. The minimum Gasteiger partial charge on any atom is -0.378 e. The zero-order valence-corrected chi connectivity index (χ0v) is 30.3. The highest BCUT2D eigenvalue weighted by Gasteiger charge is 2.31. The van der Waals surface area contributed by atoms with Crippen LogP contribution in [-0.2, 0) is 34.5 Å². The van der Waals surface area contributed by atoms with Crippen LogP contribution in [0.5, 0.6) is 0 Å². The number of piperidine rings is 2. The van der Waals surface area contributed by atoms with Crippen molar-refractivity contribution in [2.75, 3.05) is 58.2 Å². The van der Waals surface area contributed by atoms with Crippen molar-refractivity contribution in [3.63, 3.8) is 0 Å². The first kappa shape index (κ1) is 35.2. The number of anilines is 1. The largest absolute Gasteiger partial charge is 0.378 e. The fraction of sp³-hybridized carbons (Fsp3) is 0.462. The van der Waals surface area contributed by atoms with Gasteiger partial charge in [-0.1, -0.05) is 30.3 Å². The highest BCUT2D eigenvalue weighted by atomic mass is 16.5. The van der Waals surface area contributed by atoms with Gasteiger partial charge in [-0.2, -0.15) is 4.98 Å². The molecule has 0 aliphatic carbocycles. The predicted molar refractivity (Wildman–Crippen MR) is 203 cm³/mol. The van der Waals surface area contributed by atoms with Crippen molar-refractivity contribution in [2.24, 2.45) is 7.05 Å². The number of carbonyl (C=O) groups excluding carboxylic acids is 2. The van der Waals surface area contributed by atoms with Crippen LogP contribution in [-0.4, -0.2) is 109 Å². The summed E-state index contributed by atoms with van der Waals surface area (Å²) in [6, 6.07) is 14.1. The van der Waals surface area contributed by atoms with Gasteiger partial charge in [0, 0.05) is 102 Å². The molecule has 2 amide bonds. The summed E-state index contributed by atoms with van der Waals surface area (Å²) in [5.41, 5.74) is 12.4. The predicted octanol–water partition coefficient (Wildman–Crippen LogP) is 3.03. The number of nitrogens with one attached hydrogen (secondary N) is 2. The average Bonchev–Trinajstić information content (AvgIpc) is 3.69. The molecule has 5 aromatic rings. The molecule has 3 saturated heterocycles. The van der Waals surface area contributed by atoms with Gasteiger partial charge in [-0.3, -0.25) is 33.8 Å². The molecular weight excluding hydrogens is 672 g/mol. The molecule has 1 atom stereocenters. The zero-order valence-electron chi connectivity index (χ0n) is 30.3. The van der Waals surface area contributed by atoms with E-state index in [9.17, 15) is 14.4 Å². The van der Waals surface area contributed by atoms with E-state index in [1.165, 1.54) is 10.1 Å². The first-order valence-corrected chi connectivity index (χ1v) is 18.8. The summed E-state index contributed by atoms with van der Waals surface area (Å²) in [6.45, 7) is 9.85. The number of amides is 2. The number of hydrogen-bond donors (Lipinski definition) is 3. The van der Waals surface area contributed by atoms with Crippen LogP contribution in [0.2, 0.25) is 0 Å². The van der Waals surface area contributed by atoms with Crippen molar-refractivity contribution in [1.29, 1.82) is 0 Å². The summed E-state index contributed by atoms with van der Waals surface area (Å²) in [4.78, 5) is 56.5. The molecule has 1 unspecified atom stereocenters. The van der Waals surface area contributed by atoms with Crippen molar-refractivity contribution in [3.05, 3.63) is 76.5 Å². The third-order valence-electron chi connectivity index (χ3n) is 11.2. The van der Waals surface area contributed by atoms with E-state index in [1.54, 1.807) is 17.8 Å². The number of piperazine rings is 1. The van der Waals surface area contributed by atoms with Gasteiger partial charge < -0.3 is 20.4 Å². The summed E-state index contributed by atoms with van der Waals surface area (Å²) in [5.74, 6) is -0.430. The van der Waals surface area contributed by atoms with Gasteiger partial charge in [0.15, 0.2) is 0 Å². The summed E-state index contributed by atoms with van der Waals surface area (Å²) < 4.78 is 9.46. The fourth-order valence-corrected chi connectivity index (χ4v) is 8.15. The Bertz CT molecular complexity index is 2160. The van der Waals surface area contributed by atoms with E-state index in [1.807, 2.05) is 18.3 Å². The van der Waals surface area contributed by atoms with Gasteiger partial charge in [0.25, 0.3) is 0 Å². The zero-order chi connectivity index (χ0) is 36.5. The summed E-state index contributed by atoms with van der Waals surface area (Å²) in [5, 5.41) is 3.34. The molecule has 3 aromatic heterocycles. The number of likely N-dealkylation sites (tertiary alicyclic amines) is 1. The molecule has 2 aromatic carbocycles. The lowest BCUT2D eigenvalue weighted by atomic mass is 10.0. The Morgan fingerprint density at radius 1 is 0.868 bits per heavy atom. The Kier molecular flexibility index (Phi) is 10.1. The van der Waals surface area contributed by atoms with E-state index >= 15 is 0 Å². The number of carbonyl (C=O) groups is 2. The Morgan fingerprint density at radius 2 is 1.58 bits per heavy atom. The monoisotopic (exact) mass is 720 g/mol. The Morgan fingerprint density at radius 3 is 2.36 bits per heavy atom. The first-order valence-electron chi connectivity index (χ1n) is 18.8. The van der Waals surface area contributed by atoms with Crippen LogP contribution < -0.4 is 16.7 Å². The molecular formula is C39H48N10O4. The van der Waals surface area contributed by atoms with Crippen molar-refractivity contribution in [2.45, 2.75) is 57.3 Å². The van der Waals surface area contributed by atoms with Crippen molar-refractivity contribution in [3.8, 4) is 11.1 Å². The van der Waals surface area contributed by atoms with Gasteiger partial charge in [-0.15, -0.1) is 0 Å². The second-order valence-electron chi connectivity index (χ2n) is 14.7. The third kappa shape index (κ3) is 7.63. The van der Waals surface area contributed by atoms with Crippen LogP contribution in [0, 0.1) is 0 Å². The molecule has 0 saturated carbocycles. The minimum absolute atomic E-state index is 0.231. The number of nitrogens with zero attached hydrogens (tertiary/aromatic N) is 7. The number of ether oxygens (including phenoxy) is 1. The SMILES string of the molecule is Cn1c(=O)n(C2CCC(=O)NC2=O)c2ccc(CN3CCC(OCCCN4CCN(Cc5ccc(-c6c[nH]c7nc(N)ncc67)cc5)CC4)CC3)cc21. The number of benzene rings is 2. The van der Waals surface area contributed by atoms with Gasteiger partial charge in [-0.05, 0) is 54.5 Å². The lowest BCUT2D eigenvalue weighted by molar-refractivity contribution is -0.135. The number of nitrogen functional groups attached to an aromatic ring is 1. The minimum atomic E-state index is -0.670. The van der Waals surface area contributed by atoms with Crippen molar-refractivity contribution < 1.29 is 14.3 Å². The molecule has 3 aliphatic heterocycles. The smallest absolute Gasteiger partial charge is 0.329 e. The number of nitrogens with two attached hydrogens (primary N) is 1. The van der Waals surface area contributed by atoms with E-state index in [-0.39, 0.29) is 24.0 Å². The number of aryl methyl sites for hydroxylation is 1. The van der Waals surface area contributed by atoms with Crippen LogP contribution in [0.3, 0.4) is 0 Å². The van der Waals surface area contributed by atoms with Gasteiger partial charge in [0.05, 0.1) is 17.1 Å². The lowest BCUT2D eigenvalue weighted by Gasteiger charge is -2.35. The number of rotatable bonds is 11. The Labute approximate surface area is 307 Å². The highest BCUT2D eigenvalue weighted by Crippen LogP contribution is 2.28. The number of H-pyrrole nitrogens is 1. The molecule has 278 valence electrons. The number of aromatic amines is 1. The molecule has 0 spiro atoms. The fourth-order valence-electron chi connectivity index (χ4n) is 8.15. The van der Waals surface area contributed by atoms with E-state index < -0.39 is 11.9 Å². The maximum atomic E-state index is 13.1. The topological polar surface area (TPSA) is 160 Å². The number of imide groups is 1. The number of hydrogen-bond acceptors (Lipinski definition) is 10. The normalized spacial score (nSPS) is 19.8. The molecule has 14 heteroatoms. The molecule has 3 aliphatic rings. The van der Waals surface area contributed by atoms with Crippen LogP contribution >= 0.6 is 0 Å². The molecule has 53 heavy (non-hydrogen) atoms. The van der Waals surface area contributed by atoms with Crippen molar-refractivity contribution in [1.82, 2.24) is 44.1 Å². The van der Waals surface area contributed by atoms with E-state index in [0.717, 1.165) is 124 Å². The molecule has 4 N–H and O–H groups in total. The molecule has 3 fully saturated rings. The number of imidazole rings is 1. The molecule has 0 radical (unpaired) electrons. The second kappa shape index (κ2) is 15.2. The molecule has 14 nitrogen and oxygen atoms in total. The van der Waals surface area contributed by atoms with Crippen molar-refractivity contribution >= 4 is 39.8 Å². The van der Waals surface area contributed by atoms with Gasteiger partial charge >= 0.3 is 5.69 Å². The van der Waals surface area contributed by atoms with Gasteiger partial charge in [0.1, 0.15) is 11.7 Å². The summed E-state index contributed by atoms with van der Waals surface area (Å²) in [7, 11) is 1.74. The van der Waals surface area contributed by atoms with E-state index in [0.29, 0.717) is 12.5 Å². The van der Waals surface area contributed by atoms with Crippen LogP contribution in [0.25, 0.3) is 33.2 Å². The van der Waals surface area contributed by atoms with E-state index in [4.69, 9.17) is 10.5 Å². The molecule has 8 rings (SSSR count). The van der Waals surface area contributed by atoms with Gasteiger partial charge in [-0.25, -0.2) is 9.78 Å². The third-order valence-corrected chi connectivity index (χ3v) is 11.2. The number of fused-ring (bicyclic) bond motifs is 2. The van der Waals surface area contributed by atoms with Crippen LogP contribution in [0.1, 0.15) is 49.3 Å². The van der Waals surface area contributed by atoms with Gasteiger partial charge in [0.2, 0.25) is 17.8 Å². The van der Waals surface area contributed by atoms with Crippen LogP contribution in [0.4, 0.5) is 5.95 Å². The lowest BCUT2D eigenvalue weighted by Crippen LogP contribution is -2.46. The second-order valence-corrected chi connectivity index (χ2v) is 14.7. The number of aromatic nitrogens is 5. The Hall–Kier alpha value is -4.89. The summed E-state index contributed by atoms with van der Waals surface area (Å²) >= 11 is 0. The standard InChI is InChI=1S/C39H48N10O4/c1-45-34-21-27(5-8-32(34)49(39(45)52)33-9-10-35(50)43-37(33)51)25-47-14-11-29(12-15-47)53-20-2-13-46-16-18-48(19-17-46)24-26-3-6-28(7-4-26)30-22-41-36-31(30)23-42-38(40)44-36/h3-8,21-23,29,33H,2,9-20,24-25H2,1H3,(H,43,50,51)(H3,40,41,42,44). The maximum Gasteiger partial charge on any atom is 0.329 e. The Balaban J connectivity index is 0.734. The molecule has 0 bridgehead atoms. The van der Waals surface area contributed by atoms with Crippen LogP contribution in [0.15, 0.2) is 59.7 Å². The molecule has 6 heterocycles. The first-order chi connectivity index (χ1) is 25.8. The van der Waals surface area contributed by atoms with E-state index in [2.05, 4.69) is 65.3 Å². The quantitative estimate of drug-likeness (QED) is 0.137. The highest BCUT2D eigenvalue weighted by molar-refractivity contribution is 6.00. The maximum absolute atomic E-state index is 13.1. The summed E-state index contributed by atoms with van der Waals surface area (Å²) in [6.07, 6.45) is 7.67.